The van der Waals surface area contributed by atoms with Crippen molar-refractivity contribution >= 4 is 11.9 Å². The molecule has 4 nitrogen and oxygen atoms in total. The Morgan fingerprint density at radius 3 is 2.63 bits per heavy atom. The molecule has 19 heavy (non-hydrogen) atoms. The lowest BCUT2D eigenvalue weighted by molar-refractivity contribution is -0.142. The van der Waals surface area contributed by atoms with Crippen molar-refractivity contribution in [3.05, 3.63) is 0 Å². The van der Waals surface area contributed by atoms with Crippen LogP contribution in [0.5, 0.6) is 0 Å². The van der Waals surface area contributed by atoms with E-state index in [2.05, 4.69) is 26.1 Å². The van der Waals surface area contributed by atoms with Gasteiger partial charge in [0.25, 0.3) is 0 Å². The molecule has 0 spiro atoms. The molecule has 108 valence electrons. The SMILES string of the molecule is CC1CC[C@@H](C(C)C)[C@H](C(=O)NC2CCOC2=O)C1. The van der Waals surface area contributed by atoms with Crippen molar-refractivity contribution in [1.82, 2.24) is 5.32 Å². The first-order valence-corrected chi connectivity index (χ1v) is 7.46. The number of carbonyl (C=O) groups is 2. The number of cyclic esters (lactones) is 1. The molecule has 0 radical (unpaired) electrons. The molecule has 0 bridgehead atoms. The summed E-state index contributed by atoms with van der Waals surface area (Å²) in [4.78, 5) is 23.9. The van der Waals surface area contributed by atoms with Gasteiger partial charge in [-0.2, -0.15) is 0 Å². The number of amides is 1. The number of rotatable bonds is 3. The zero-order valence-electron chi connectivity index (χ0n) is 12.1. The van der Waals surface area contributed by atoms with Crippen LogP contribution in [-0.2, 0) is 14.3 Å². The number of esters is 1. The van der Waals surface area contributed by atoms with Crippen molar-refractivity contribution < 1.29 is 14.3 Å². The number of ether oxygens (including phenoxy) is 1. The largest absolute Gasteiger partial charge is 0.464 e. The minimum atomic E-state index is -0.419. The van der Waals surface area contributed by atoms with Crippen LogP contribution >= 0.6 is 0 Å². The van der Waals surface area contributed by atoms with E-state index in [4.69, 9.17) is 4.74 Å². The second kappa shape index (κ2) is 5.93. The molecular formula is C15H25NO3. The molecule has 1 N–H and O–H groups in total. The summed E-state index contributed by atoms with van der Waals surface area (Å²) >= 11 is 0. The number of hydrogen-bond donors (Lipinski definition) is 1. The van der Waals surface area contributed by atoms with Gasteiger partial charge in [0.2, 0.25) is 5.91 Å². The van der Waals surface area contributed by atoms with Gasteiger partial charge in [-0.25, -0.2) is 4.79 Å². The fourth-order valence-corrected chi connectivity index (χ4v) is 3.41. The molecule has 2 aliphatic rings. The fourth-order valence-electron chi connectivity index (χ4n) is 3.41. The van der Waals surface area contributed by atoms with E-state index in [1.54, 1.807) is 0 Å². The Morgan fingerprint density at radius 1 is 1.32 bits per heavy atom. The molecular weight excluding hydrogens is 242 g/mol. The van der Waals surface area contributed by atoms with E-state index < -0.39 is 6.04 Å². The van der Waals surface area contributed by atoms with Crippen LogP contribution in [0.15, 0.2) is 0 Å². The van der Waals surface area contributed by atoms with E-state index in [1.807, 2.05) is 0 Å². The van der Waals surface area contributed by atoms with Crippen LogP contribution < -0.4 is 5.32 Å². The van der Waals surface area contributed by atoms with Gasteiger partial charge in [0, 0.05) is 12.3 Å². The van der Waals surface area contributed by atoms with E-state index >= 15 is 0 Å². The van der Waals surface area contributed by atoms with Crippen molar-refractivity contribution in [3.63, 3.8) is 0 Å². The zero-order chi connectivity index (χ0) is 14.0. The number of hydrogen-bond acceptors (Lipinski definition) is 3. The van der Waals surface area contributed by atoms with Crippen molar-refractivity contribution in [1.29, 1.82) is 0 Å². The molecule has 0 aromatic heterocycles. The highest BCUT2D eigenvalue weighted by molar-refractivity contribution is 5.86. The summed E-state index contributed by atoms with van der Waals surface area (Å²) in [7, 11) is 0. The summed E-state index contributed by atoms with van der Waals surface area (Å²) in [5.41, 5.74) is 0. The van der Waals surface area contributed by atoms with Gasteiger partial charge in [0.1, 0.15) is 6.04 Å². The van der Waals surface area contributed by atoms with Gasteiger partial charge in [0.05, 0.1) is 6.61 Å². The van der Waals surface area contributed by atoms with E-state index in [9.17, 15) is 9.59 Å². The highest BCUT2D eigenvalue weighted by Crippen LogP contribution is 2.38. The monoisotopic (exact) mass is 267 g/mol. The van der Waals surface area contributed by atoms with Crippen LogP contribution in [0.25, 0.3) is 0 Å². The van der Waals surface area contributed by atoms with Crippen LogP contribution in [0.3, 0.4) is 0 Å². The molecule has 1 amide bonds. The molecule has 1 saturated heterocycles. The molecule has 4 atom stereocenters. The molecule has 1 aliphatic heterocycles. The van der Waals surface area contributed by atoms with Crippen molar-refractivity contribution in [2.24, 2.45) is 23.7 Å². The van der Waals surface area contributed by atoms with Crippen LogP contribution in [0.2, 0.25) is 0 Å². The zero-order valence-corrected chi connectivity index (χ0v) is 12.1. The van der Waals surface area contributed by atoms with Gasteiger partial charge in [0.15, 0.2) is 0 Å². The van der Waals surface area contributed by atoms with E-state index in [0.29, 0.717) is 30.8 Å². The fraction of sp³-hybridized carbons (Fsp3) is 0.867. The first kappa shape index (κ1) is 14.4. The van der Waals surface area contributed by atoms with Crippen LogP contribution in [0.1, 0.15) is 46.5 Å². The third-order valence-electron chi connectivity index (χ3n) is 4.61. The maximum atomic E-state index is 12.4. The molecule has 0 aromatic rings. The minimum absolute atomic E-state index is 0.0501. The molecule has 1 heterocycles. The average molecular weight is 267 g/mol. The molecule has 1 aliphatic carbocycles. The topological polar surface area (TPSA) is 55.4 Å². The van der Waals surface area contributed by atoms with Gasteiger partial charge in [-0.15, -0.1) is 0 Å². The predicted molar refractivity (Wildman–Crippen MR) is 72.3 cm³/mol. The van der Waals surface area contributed by atoms with Gasteiger partial charge < -0.3 is 10.1 Å². The highest BCUT2D eigenvalue weighted by atomic mass is 16.5. The van der Waals surface area contributed by atoms with E-state index in [-0.39, 0.29) is 17.8 Å². The molecule has 4 heteroatoms. The van der Waals surface area contributed by atoms with E-state index in [0.717, 1.165) is 12.8 Å². The summed E-state index contributed by atoms with van der Waals surface area (Å²) in [5.74, 6) is 1.37. The van der Waals surface area contributed by atoms with Gasteiger partial charge in [-0.05, 0) is 30.6 Å². The Labute approximate surface area is 115 Å². The molecule has 2 unspecified atom stereocenters. The average Bonchev–Trinajstić information content (AvgIpc) is 2.74. The summed E-state index contributed by atoms with van der Waals surface area (Å²) in [6.07, 6.45) is 3.87. The summed E-state index contributed by atoms with van der Waals surface area (Å²) in [6, 6.07) is -0.419. The van der Waals surface area contributed by atoms with Crippen LogP contribution in [0, 0.1) is 23.7 Å². The lowest BCUT2D eigenvalue weighted by atomic mass is 9.69. The van der Waals surface area contributed by atoms with E-state index in [1.165, 1.54) is 6.42 Å². The van der Waals surface area contributed by atoms with Crippen LogP contribution in [-0.4, -0.2) is 24.5 Å². The summed E-state index contributed by atoms with van der Waals surface area (Å²) < 4.78 is 4.90. The maximum absolute atomic E-state index is 12.4. The minimum Gasteiger partial charge on any atom is -0.464 e. The molecule has 1 saturated carbocycles. The molecule has 2 rings (SSSR count). The first-order valence-electron chi connectivity index (χ1n) is 7.46. The summed E-state index contributed by atoms with van der Waals surface area (Å²) in [5, 5.41) is 2.89. The smallest absolute Gasteiger partial charge is 0.328 e. The van der Waals surface area contributed by atoms with Gasteiger partial charge >= 0.3 is 5.97 Å². The third kappa shape index (κ3) is 3.28. The number of carbonyl (C=O) groups excluding carboxylic acids is 2. The molecule has 0 aromatic carbocycles. The van der Waals surface area contributed by atoms with Gasteiger partial charge in [-0.3, -0.25) is 4.79 Å². The Balaban J connectivity index is 2.00. The standard InChI is InChI=1S/C15H25NO3/c1-9(2)11-5-4-10(3)8-12(11)14(17)16-13-6-7-19-15(13)18/h9-13H,4-8H2,1-3H3,(H,16,17)/t10?,11-,12+,13?/m0/s1. The number of nitrogens with one attached hydrogen (secondary N) is 1. The van der Waals surface area contributed by atoms with Gasteiger partial charge in [-0.1, -0.05) is 27.2 Å². The first-order chi connectivity index (χ1) is 8.99. The van der Waals surface area contributed by atoms with Crippen molar-refractivity contribution in [2.75, 3.05) is 6.61 Å². The maximum Gasteiger partial charge on any atom is 0.328 e. The molecule has 2 fully saturated rings. The Bertz CT molecular complexity index is 353. The normalized spacial score (nSPS) is 35.3. The Hall–Kier alpha value is -1.06. The quantitative estimate of drug-likeness (QED) is 0.797. The predicted octanol–water partition coefficient (Wildman–Crippen LogP) is 2.13. The summed E-state index contributed by atoms with van der Waals surface area (Å²) in [6.45, 7) is 7.01. The third-order valence-corrected chi connectivity index (χ3v) is 4.61. The lowest BCUT2D eigenvalue weighted by Crippen LogP contribution is -2.45. The van der Waals surface area contributed by atoms with Crippen molar-refractivity contribution in [2.45, 2.75) is 52.5 Å². The highest BCUT2D eigenvalue weighted by Gasteiger charge is 2.37. The second-order valence-corrected chi connectivity index (χ2v) is 6.45. The van der Waals surface area contributed by atoms with Crippen molar-refractivity contribution in [3.8, 4) is 0 Å². The Morgan fingerprint density at radius 2 is 2.05 bits per heavy atom. The Kier molecular flexibility index (Phi) is 4.48. The van der Waals surface area contributed by atoms with Crippen LogP contribution in [0.4, 0.5) is 0 Å². The lowest BCUT2D eigenvalue weighted by Gasteiger charge is -2.36. The second-order valence-electron chi connectivity index (χ2n) is 6.45.